The van der Waals surface area contributed by atoms with Crippen molar-refractivity contribution in [3.8, 4) is 23.0 Å². The lowest BCUT2D eigenvalue weighted by Gasteiger charge is -2.38. The molecule has 0 aromatic heterocycles. The molecule has 9 heteroatoms. The van der Waals surface area contributed by atoms with Gasteiger partial charge in [0.1, 0.15) is 11.5 Å². The molecule has 0 bridgehead atoms. The minimum atomic E-state index is -0.711. The minimum Gasteiger partial charge on any atom is -0.506 e. The molecular formula is C24H19BrCl2N2O4. The van der Waals surface area contributed by atoms with Crippen LogP contribution in [0.2, 0.25) is 10.0 Å². The van der Waals surface area contributed by atoms with Crippen LogP contribution in [0.4, 0.5) is 0 Å². The van der Waals surface area contributed by atoms with Gasteiger partial charge in [-0.25, -0.2) is 5.01 Å². The second-order valence-corrected chi connectivity index (χ2v) is 9.45. The average molecular weight is 550 g/mol. The minimum absolute atomic E-state index is 0.0832. The summed E-state index contributed by atoms with van der Waals surface area (Å²) in [6.45, 7) is 0. The van der Waals surface area contributed by atoms with Crippen molar-refractivity contribution in [1.82, 2.24) is 5.01 Å². The summed E-state index contributed by atoms with van der Waals surface area (Å²) < 4.78 is 18.1. The van der Waals surface area contributed by atoms with Crippen LogP contribution in [0, 0.1) is 0 Å². The third-order valence-corrected chi connectivity index (χ3v) is 6.79. The topological polar surface area (TPSA) is 63.5 Å². The first-order chi connectivity index (χ1) is 15.9. The van der Waals surface area contributed by atoms with Gasteiger partial charge in [-0.15, -0.1) is 0 Å². The summed E-state index contributed by atoms with van der Waals surface area (Å²) in [6, 6.07) is 14.6. The van der Waals surface area contributed by atoms with Gasteiger partial charge in [-0.05, 0) is 48.5 Å². The third kappa shape index (κ3) is 3.88. The Morgan fingerprint density at radius 3 is 2.58 bits per heavy atom. The van der Waals surface area contributed by atoms with Crippen molar-refractivity contribution in [2.75, 3.05) is 14.2 Å². The number of hydrazone groups is 1. The van der Waals surface area contributed by atoms with Crippen LogP contribution in [0.1, 0.15) is 35.4 Å². The predicted octanol–water partition coefficient (Wildman–Crippen LogP) is 6.72. The summed E-state index contributed by atoms with van der Waals surface area (Å²) in [5.41, 5.74) is 3.21. The van der Waals surface area contributed by atoms with Crippen molar-refractivity contribution in [3.63, 3.8) is 0 Å². The van der Waals surface area contributed by atoms with Gasteiger partial charge in [-0.3, -0.25) is 0 Å². The zero-order valence-corrected chi connectivity index (χ0v) is 20.8. The smallest absolute Gasteiger partial charge is 0.217 e. The molecule has 170 valence electrons. The quantitative estimate of drug-likeness (QED) is 0.391. The van der Waals surface area contributed by atoms with Crippen molar-refractivity contribution >= 4 is 44.8 Å². The zero-order chi connectivity index (χ0) is 23.3. The van der Waals surface area contributed by atoms with Gasteiger partial charge in [-0.2, -0.15) is 5.10 Å². The molecule has 2 aliphatic rings. The molecule has 3 aromatic carbocycles. The van der Waals surface area contributed by atoms with Crippen LogP contribution in [0.15, 0.2) is 58.1 Å². The fourth-order valence-corrected chi connectivity index (χ4v) is 5.12. The number of phenolic OH excluding ortho intramolecular Hbond substituents is 1. The molecule has 2 aliphatic heterocycles. The Bertz CT molecular complexity index is 1280. The maximum absolute atomic E-state index is 10.7. The van der Waals surface area contributed by atoms with Crippen LogP contribution in [0.3, 0.4) is 0 Å². The summed E-state index contributed by atoms with van der Waals surface area (Å²) in [7, 11) is 3.20. The molecule has 2 heterocycles. The number of aromatic hydroxyl groups is 1. The van der Waals surface area contributed by atoms with E-state index in [4.69, 9.17) is 42.5 Å². The molecule has 0 saturated heterocycles. The highest BCUT2D eigenvalue weighted by Crippen LogP contribution is 2.50. The summed E-state index contributed by atoms with van der Waals surface area (Å²) in [5, 5.41) is 18.0. The number of rotatable bonds is 4. The molecule has 3 aromatic rings. The maximum atomic E-state index is 10.7. The lowest BCUT2D eigenvalue weighted by molar-refractivity contribution is -0.0203. The number of ether oxygens (including phenoxy) is 3. The average Bonchev–Trinajstić information content (AvgIpc) is 3.26. The van der Waals surface area contributed by atoms with E-state index < -0.39 is 6.23 Å². The van der Waals surface area contributed by atoms with Gasteiger partial charge >= 0.3 is 0 Å². The van der Waals surface area contributed by atoms with E-state index >= 15 is 0 Å². The van der Waals surface area contributed by atoms with E-state index in [1.807, 2.05) is 41.4 Å². The van der Waals surface area contributed by atoms with Gasteiger partial charge in [0.15, 0.2) is 11.5 Å². The number of fused-ring (bicyclic) bond motifs is 3. The Hall–Kier alpha value is -2.61. The van der Waals surface area contributed by atoms with E-state index in [-0.39, 0.29) is 16.8 Å². The van der Waals surface area contributed by atoms with E-state index in [1.165, 1.54) is 6.07 Å². The van der Waals surface area contributed by atoms with Gasteiger partial charge in [0.05, 0.1) is 36.6 Å². The molecular weight excluding hydrogens is 531 g/mol. The lowest BCUT2D eigenvalue weighted by atomic mass is 9.95. The first kappa shape index (κ1) is 22.2. The van der Waals surface area contributed by atoms with Crippen LogP contribution in [-0.2, 0) is 0 Å². The summed E-state index contributed by atoms with van der Waals surface area (Å²) in [5.74, 6) is 1.90. The second kappa shape index (κ2) is 8.63. The molecule has 6 nitrogen and oxygen atoms in total. The SMILES string of the molecule is COc1ccc(C2=NN3[C@H](C2)c2cc(Br)ccc2O[C@H]3c2cc(Cl)cc(Cl)c2O)cc1OC. The van der Waals surface area contributed by atoms with Crippen molar-refractivity contribution in [3.05, 3.63) is 79.7 Å². The zero-order valence-electron chi connectivity index (χ0n) is 17.7. The molecule has 0 aliphatic carbocycles. The second-order valence-electron chi connectivity index (χ2n) is 7.69. The van der Waals surface area contributed by atoms with Gasteiger partial charge < -0.3 is 19.3 Å². The molecule has 2 atom stereocenters. The van der Waals surface area contributed by atoms with Crippen LogP contribution in [0.25, 0.3) is 0 Å². The summed E-state index contributed by atoms with van der Waals surface area (Å²) >= 11 is 16.0. The van der Waals surface area contributed by atoms with Crippen molar-refractivity contribution in [2.24, 2.45) is 5.10 Å². The lowest BCUT2D eigenvalue weighted by Crippen LogP contribution is -2.33. The fraction of sp³-hybridized carbons (Fsp3) is 0.208. The van der Waals surface area contributed by atoms with E-state index in [0.717, 1.165) is 21.3 Å². The molecule has 1 N–H and O–H groups in total. The van der Waals surface area contributed by atoms with Gasteiger partial charge in [0.2, 0.25) is 6.23 Å². The number of hydrogen-bond acceptors (Lipinski definition) is 6. The van der Waals surface area contributed by atoms with Gasteiger partial charge in [0, 0.05) is 27.0 Å². The predicted molar refractivity (Wildman–Crippen MR) is 131 cm³/mol. The number of nitrogens with zero attached hydrogens (tertiary/aromatic N) is 2. The van der Waals surface area contributed by atoms with E-state index in [2.05, 4.69) is 15.9 Å². The summed E-state index contributed by atoms with van der Waals surface area (Å²) in [4.78, 5) is 0. The normalized spacial score (nSPS) is 18.8. The van der Waals surface area contributed by atoms with E-state index in [1.54, 1.807) is 20.3 Å². The Morgan fingerprint density at radius 2 is 1.82 bits per heavy atom. The Labute approximate surface area is 209 Å². The molecule has 5 rings (SSSR count). The molecule has 0 radical (unpaired) electrons. The van der Waals surface area contributed by atoms with Crippen molar-refractivity contribution < 1.29 is 19.3 Å². The first-order valence-electron chi connectivity index (χ1n) is 10.1. The molecule has 0 spiro atoms. The highest BCUT2D eigenvalue weighted by atomic mass is 79.9. The van der Waals surface area contributed by atoms with E-state index in [9.17, 15) is 5.11 Å². The molecule has 0 saturated carbocycles. The van der Waals surface area contributed by atoms with Crippen LogP contribution >= 0.6 is 39.1 Å². The largest absolute Gasteiger partial charge is 0.506 e. The van der Waals surface area contributed by atoms with Crippen LogP contribution in [0.5, 0.6) is 23.0 Å². The molecule has 33 heavy (non-hydrogen) atoms. The Kier molecular flexibility index (Phi) is 5.80. The third-order valence-electron chi connectivity index (χ3n) is 5.79. The number of phenols is 1. The Morgan fingerprint density at radius 1 is 1.03 bits per heavy atom. The number of halogens is 3. The van der Waals surface area contributed by atoms with Gasteiger partial charge in [-0.1, -0.05) is 39.1 Å². The monoisotopic (exact) mass is 548 g/mol. The standard InChI is InChI=1S/C24H19BrCl2N2O4/c1-31-21-5-3-12(7-22(21)32-2)18-11-19-15-8-13(25)4-6-20(15)33-24(29(19)28-18)16-9-14(26)10-17(27)23(16)30/h3-10,19,24,30H,11H2,1-2H3/t19-,24+/m1/s1. The fourth-order valence-electron chi connectivity index (χ4n) is 4.23. The van der Waals surface area contributed by atoms with Gasteiger partial charge in [0.25, 0.3) is 0 Å². The van der Waals surface area contributed by atoms with Crippen molar-refractivity contribution in [1.29, 1.82) is 0 Å². The van der Waals surface area contributed by atoms with Crippen molar-refractivity contribution in [2.45, 2.75) is 18.7 Å². The Balaban J connectivity index is 1.63. The van der Waals surface area contributed by atoms with Crippen LogP contribution in [-0.4, -0.2) is 30.0 Å². The maximum Gasteiger partial charge on any atom is 0.217 e. The molecule has 0 fully saturated rings. The van der Waals surface area contributed by atoms with Crippen LogP contribution < -0.4 is 14.2 Å². The van der Waals surface area contributed by atoms with E-state index in [0.29, 0.717) is 34.3 Å². The molecule has 0 amide bonds. The number of hydrogen-bond donors (Lipinski definition) is 1. The number of benzene rings is 3. The highest BCUT2D eigenvalue weighted by Gasteiger charge is 2.42. The summed E-state index contributed by atoms with van der Waals surface area (Å²) in [6.07, 6.45) is -0.0778. The number of methoxy groups -OCH3 is 2. The highest BCUT2D eigenvalue weighted by molar-refractivity contribution is 9.10. The molecule has 0 unspecified atom stereocenters. The first-order valence-corrected chi connectivity index (χ1v) is 11.7.